The molecule has 3 amide bonds. The van der Waals surface area contributed by atoms with E-state index in [9.17, 15) is 29.7 Å². The zero-order valence-corrected chi connectivity index (χ0v) is 22.3. The lowest BCUT2D eigenvalue weighted by atomic mass is 9.67. The monoisotopic (exact) mass is 533 g/mol. The SMILES string of the molecule is CCCC1=C([C@H](O)CC/C(=C/c2ccc(O)cc2Cl)CCC)[C@H](CO)[C@@H]2C(=O)N(C(=O)OC)C(=O)[C@@H]2C1. The predicted octanol–water partition coefficient (Wildman–Crippen LogP) is 4.85. The first kappa shape index (κ1) is 28.9. The minimum atomic E-state index is -1.03. The van der Waals surface area contributed by atoms with Gasteiger partial charge in [0.1, 0.15) is 5.75 Å². The number of methoxy groups -OCH3 is 1. The summed E-state index contributed by atoms with van der Waals surface area (Å²) < 4.78 is 4.64. The van der Waals surface area contributed by atoms with Crippen LogP contribution in [0, 0.1) is 17.8 Å². The van der Waals surface area contributed by atoms with Gasteiger partial charge in [-0.2, -0.15) is 4.90 Å². The van der Waals surface area contributed by atoms with E-state index in [2.05, 4.69) is 11.7 Å². The summed E-state index contributed by atoms with van der Waals surface area (Å²) in [6, 6.07) is 4.79. The molecule has 1 aliphatic heterocycles. The number of aliphatic hydroxyl groups excluding tert-OH is 2. The highest BCUT2D eigenvalue weighted by atomic mass is 35.5. The second kappa shape index (κ2) is 12.7. The van der Waals surface area contributed by atoms with E-state index in [1.807, 2.05) is 13.0 Å². The second-order valence-corrected chi connectivity index (χ2v) is 10.1. The highest BCUT2D eigenvalue weighted by molar-refractivity contribution is 6.32. The molecule has 0 unspecified atom stereocenters. The Hall–Kier alpha value is -2.68. The largest absolute Gasteiger partial charge is 0.508 e. The Morgan fingerprint density at radius 1 is 1.22 bits per heavy atom. The third kappa shape index (κ3) is 6.08. The maximum atomic E-state index is 13.1. The van der Waals surface area contributed by atoms with Crippen molar-refractivity contribution < 1.29 is 34.4 Å². The fourth-order valence-corrected chi connectivity index (χ4v) is 5.92. The Morgan fingerprint density at radius 2 is 1.95 bits per heavy atom. The number of phenols is 1. The molecular weight excluding hydrogens is 498 g/mol. The van der Waals surface area contributed by atoms with Crippen LogP contribution in [0.2, 0.25) is 5.02 Å². The summed E-state index contributed by atoms with van der Waals surface area (Å²) in [5.74, 6) is -3.64. The number of phenolic OH excluding ortho intramolecular Hbond substituents is 1. The molecule has 0 saturated carbocycles. The molecule has 37 heavy (non-hydrogen) atoms. The van der Waals surface area contributed by atoms with Crippen LogP contribution in [-0.2, 0) is 14.3 Å². The Labute approximate surface area is 222 Å². The zero-order chi connectivity index (χ0) is 27.3. The normalized spacial score (nSPS) is 22.9. The van der Waals surface area contributed by atoms with Crippen LogP contribution in [-0.4, -0.2) is 57.9 Å². The number of carbonyl (C=O) groups excluding carboxylic acids is 3. The molecule has 0 radical (unpaired) electrons. The molecule has 2 aliphatic rings. The van der Waals surface area contributed by atoms with E-state index in [0.29, 0.717) is 34.8 Å². The van der Waals surface area contributed by atoms with Gasteiger partial charge in [-0.05, 0) is 61.4 Å². The molecular formula is C28H36ClNO7. The van der Waals surface area contributed by atoms with Gasteiger partial charge in [0.25, 0.3) is 0 Å². The fourth-order valence-electron chi connectivity index (χ4n) is 5.69. The van der Waals surface area contributed by atoms with Gasteiger partial charge in [-0.25, -0.2) is 4.79 Å². The van der Waals surface area contributed by atoms with Crippen molar-refractivity contribution in [2.45, 2.75) is 64.9 Å². The third-order valence-electron chi connectivity index (χ3n) is 7.30. The van der Waals surface area contributed by atoms with Gasteiger partial charge < -0.3 is 20.1 Å². The van der Waals surface area contributed by atoms with Crippen LogP contribution in [0.5, 0.6) is 5.75 Å². The summed E-state index contributed by atoms with van der Waals surface area (Å²) in [6.07, 6.45) is 4.27. The van der Waals surface area contributed by atoms with Crippen molar-refractivity contribution in [1.29, 1.82) is 0 Å². The van der Waals surface area contributed by atoms with E-state index in [0.717, 1.165) is 43.1 Å². The summed E-state index contributed by atoms with van der Waals surface area (Å²) in [5.41, 5.74) is 3.32. The molecule has 4 atom stereocenters. The number of likely N-dealkylation sites (tertiary alicyclic amines) is 1. The molecule has 1 aliphatic carbocycles. The summed E-state index contributed by atoms with van der Waals surface area (Å²) in [4.78, 5) is 38.7. The molecule has 202 valence electrons. The number of amides is 3. The first-order valence-corrected chi connectivity index (χ1v) is 13.2. The van der Waals surface area contributed by atoms with Gasteiger partial charge in [0.05, 0.1) is 36.7 Å². The first-order chi connectivity index (χ1) is 17.7. The van der Waals surface area contributed by atoms with Gasteiger partial charge in [0, 0.05) is 5.92 Å². The number of halogens is 1. The average Bonchev–Trinajstić information content (AvgIpc) is 3.12. The lowest BCUT2D eigenvalue weighted by Gasteiger charge is -2.36. The van der Waals surface area contributed by atoms with Gasteiger partial charge in [-0.1, -0.05) is 55.5 Å². The molecule has 1 aromatic carbocycles. The van der Waals surface area contributed by atoms with Crippen molar-refractivity contribution in [1.82, 2.24) is 4.90 Å². The molecule has 8 nitrogen and oxygen atoms in total. The predicted molar refractivity (Wildman–Crippen MR) is 140 cm³/mol. The summed E-state index contributed by atoms with van der Waals surface area (Å²) in [7, 11) is 1.11. The van der Waals surface area contributed by atoms with E-state index in [4.69, 9.17) is 11.6 Å². The number of rotatable bonds is 10. The molecule has 1 heterocycles. The average molecular weight is 534 g/mol. The number of hydrogen-bond acceptors (Lipinski definition) is 7. The van der Waals surface area contributed by atoms with Crippen molar-refractivity contribution in [3.8, 4) is 5.75 Å². The lowest BCUT2D eigenvalue weighted by Crippen LogP contribution is -2.40. The van der Waals surface area contributed by atoms with Crippen LogP contribution in [0.3, 0.4) is 0 Å². The van der Waals surface area contributed by atoms with E-state index >= 15 is 0 Å². The highest BCUT2D eigenvalue weighted by Crippen LogP contribution is 2.47. The number of aliphatic hydroxyl groups is 2. The molecule has 1 fully saturated rings. The topological polar surface area (TPSA) is 124 Å². The van der Waals surface area contributed by atoms with Crippen LogP contribution >= 0.6 is 11.6 Å². The van der Waals surface area contributed by atoms with E-state index in [-0.39, 0.29) is 12.2 Å². The molecule has 0 spiro atoms. The van der Waals surface area contributed by atoms with Gasteiger partial charge >= 0.3 is 6.09 Å². The number of carbonyl (C=O) groups is 3. The van der Waals surface area contributed by atoms with Crippen molar-refractivity contribution in [3.63, 3.8) is 0 Å². The minimum Gasteiger partial charge on any atom is -0.508 e. The molecule has 0 bridgehead atoms. The molecule has 1 saturated heterocycles. The molecule has 3 N–H and O–H groups in total. The van der Waals surface area contributed by atoms with Crippen molar-refractivity contribution >= 4 is 35.6 Å². The molecule has 9 heteroatoms. The van der Waals surface area contributed by atoms with Crippen LogP contribution in [0.4, 0.5) is 4.79 Å². The lowest BCUT2D eigenvalue weighted by molar-refractivity contribution is -0.137. The van der Waals surface area contributed by atoms with Gasteiger partial charge in [0.15, 0.2) is 0 Å². The maximum absolute atomic E-state index is 13.1. The quantitative estimate of drug-likeness (QED) is 0.290. The Morgan fingerprint density at radius 3 is 2.54 bits per heavy atom. The smallest absolute Gasteiger partial charge is 0.423 e. The van der Waals surface area contributed by atoms with E-state index in [1.54, 1.807) is 12.1 Å². The van der Waals surface area contributed by atoms with Crippen LogP contribution in [0.1, 0.15) is 64.4 Å². The van der Waals surface area contributed by atoms with Crippen LogP contribution in [0.25, 0.3) is 6.08 Å². The Bertz CT molecular complexity index is 1100. The van der Waals surface area contributed by atoms with E-state index < -0.39 is 48.4 Å². The highest BCUT2D eigenvalue weighted by Gasteiger charge is 2.57. The van der Waals surface area contributed by atoms with Crippen LogP contribution < -0.4 is 0 Å². The fraction of sp³-hybridized carbons (Fsp3) is 0.536. The molecule has 1 aromatic rings. The zero-order valence-electron chi connectivity index (χ0n) is 21.6. The number of imide groups is 3. The Kier molecular flexibility index (Phi) is 9.93. The molecule has 3 rings (SSSR count). The van der Waals surface area contributed by atoms with Crippen molar-refractivity contribution in [2.24, 2.45) is 17.8 Å². The number of nitrogens with zero attached hydrogens (tertiary/aromatic N) is 1. The summed E-state index contributed by atoms with van der Waals surface area (Å²) >= 11 is 6.29. The van der Waals surface area contributed by atoms with Crippen molar-refractivity contribution in [2.75, 3.05) is 13.7 Å². The number of benzene rings is 1. The number of hydrogen-bond donors (Lipinski definition) is 3. The molecule has 0 aromatic heterocycles. The van der Waals surface area contributed by atoms with Crippen LogP contribution in [0.15, 0.2) is 34.9 Å². The number of aromatic hydroxyl groups is 1. The summed E-state index contributed by atoms with van der Waals surface area (Å²) in [6.45, 7) is 3.63. The standard InChI is InChI=1S/C28H36ClNO7/c1-4-6-16(12-17-9-10-19(32)14-22(17)29)8-11-23(33)24-18(7-5-2)13-20-25(21(24)15-31)27(35)30(26(20)34)28(36)37-3/h9-10,12,14,20-21,23,25,31-33H,4-8,11,13,15H2,1-3H3/b16-12+/t20-,21+,23-,25-/m1/s1. The van der Waals surface area contributed by atoms with Gasteiger partial charge in [-0.15, -0.1) is 0 Å². The number of allylic oxidation sites excluding steroid dienone is 2. The Balaban J connectivity index is 1.89. The third-order valence-corrected chi connectivity index (χ3v) is 7.63. The van der Waals surface area contributed by atoms with Gasteiger partial charge in [-0.3, -0.25) is 9.59 Å². The number of ether oxygens (including phenoxy) is 1. The summed E-state index contributed by atoms with van der Waals surface area (Å²) in [5, 5.41) is 31.8. The first-order valence-electron chi connectivity index (χ1n) is 12.8. The minimum absolute atomic E-state index is 0.0846. The van der Waals surface area contributed by atoms with E-state index in [1.165, 1.54) is 6.07 Å². The van der Waals surface area contributed by atoms with Crippen molar-refractivity contribution in [3.05, 3.63) is 45.5 Å². The maximum Gasteiger partial charge on any atom is 0.423 e. The second-order valence-electron chi connectivity index (χ2n) is 9.73. The van der Waals surface area contributed by atoms with Gasteiger partial charge in [0.2, 0.25) is 11.8 Å². The number of fused-ring (bicyclic) bond motifs is 1.